The van der Waals surface area contributed by atoms with Gasteiger partial charge in [0.25, 0.3) is 0 Å². The van der Waals surface area contributed by atoms with E-state index in [1.54, 1.807) is 6.92 Å². The standard InChI is InChI=1S/C9H11N3O4S/c1-2-7(8(14)15)16-12-5(3-13)6-4-17-9(10)11-6/h3-4,7H,2H2,1H3,(H2,10,11)(H,14,15)/b12-5-. The third-order valence-electron chi connectivity index (χ3n) is 1.82. The van der Waals surface area contributed by atoms with Crippen molar-refractivity contribution in [1.29, 1.82) is 0 Å². The van der Waals surface area contributed by atoms with Gasteiger partial charge in [0.05, 0.1) is 0 Å². The average molecular weight is 257 g/mol. The average Bonchev–Trinajstić information content (AvgIpc) is 2.71. The molecule has 0 saturated heterocycles. The van der Waals surface area contributed by atoms with Gasteiger partial charge in [0, 0.05) is 5.38 Å². The van der Waals surface area contributed by atoms with Crippen LogP contribution in [0.3, 0.4) is 0 Å². The molecule has 0 aromatic carbocycles. The third kappa shape index (κ3) is 3.52. The molecule has 0 fully saturated rings. The minimum Gasteiger partial charge on any atom is -0.478 e. The van der Waals surface area contributed by atoms with E-state index in [-0.39, 0.29) is 17.8 Å². The summed E-state index contributed by atoms with van der Waals surface area (Å²) in [6, 6.07) is 0. The number of thiazole rings is 1. The Labute approximate surface area is 101 Å². The molecule has 1 unspecified atom stereocenters. The predicted octanol–water partition coefficient (Wildman–Crippen LogP) is 0.508. The van der Waals surface area contributed by atoms with Crippen molar-refractivity contribution in [1.82, 2.24) is 4.98 Å². The van der Waals surface area contributed by atoms with Crippen molar-refractivity contribution in [3.63, 3.8) is 0 Å². The number of aliphatic carboxylic acids is 1. The van der Waals surface area contributed by atoms with Crippen molar-refractivity contribution in [3.05, 3.63) is 11.1 Å². The second-order valence-corrected chi connectivity index (χ2v) is 3.90. The maximum absolute atomic E-state index is 10.8. The number of hydrogen-bond donors (Lipinski definition) is 2. The van der Waals surface area contributed by atoms with Gasteiger partial charge in [-0.15, -0.1) is 11.3 Å². The Morgan fingerprint density at radius 1 is 1.82 bits per heavy atom. The molecule has 0 amide bonds. The number of hydrogen-bond acceptors (Lipinski definition) is 7. The van der Waals surface area contributed by atoms with E-state index in [0.717, 1.165) is 11.3 Å². The number of anilines is 1. The molecular formula is C9H11N3O4S. The number of carbonyl (C=O) groups is 2. The van der Waals surface area contributed by atoms with Crippen LogP contribution >= 0.6 is 11.3 Å². The summed E-state index contributed by atoms with van der Waals surface area (Å²) < 4.78 is 0. The Bertz CT molecular complexity index is 443. The number of nitrogens with two attached hydrogens (primary N) is 1. The van der Waals surface area contributed by atoms with Gasteiger partial charge in [0.15, 0.2) is 17.1 Å². The van der Waals surface area contributed by atoms with Gasteiger partial charge in [-0.1, -0.05) is 12.1 Å². The number of aromatic nitrogens is 1. The van der Waals surface area contributed by atoms with E-state index in [1.807, 2.05) is 0 Å². The molecule has 0 aliphatic carbocycles. The first-order valence-electron chi connectivity index (χ1n) is 4.71. The smallest absolute Gasteiger partial charge is 0.347 e. The Kier molecular flexibility index (Phi) is 4.58. The molecule has 1 aromatic rings. The molecule has 7 nitrogen and oxygen atoms in total. The van der Waals surface area contributed by atoms with Gasteiger partial charge >= 0.3 is 5.97 Å². The summed E-state index contributed by atoms with van der Waals surface area (Å²) in [5, 5.41) is 14.0. The maximum Gasteiger partial charge on any atom is 0.347 e. The van der Waals surface area contributed by atoms with E-state index in [9.17, 15) is 9.59 Å². The van der Waals surface area contributed by atoms with Crippen LogP contribution in [0.1, 0.15) is 19.0 Å². The number of carboxylic acids is 1. The molecule has 0 aliphatic heterocycles. The molecule has 17 heavy (non-hydrogen) atoms. The van der Waals surface area contributed by atoms with Gasteiger partial charge in [-0.05, 0) is 6.42 Å². The molecule has 0 bridgehead atoms. The summed E-state index contributed by atoms with van der Waals surface area (Å²) in [5.74, 6) is -1.14. The van der Waals surface area contributed by atoms with Crippen molar-refractivity contribution in [2.24, 2.45) is 5.16 Å². The summed E-state index contributed by atoms with van der Waals surface area (Å²) >= 11 is 1.15. The van der Waals surface area contributed by atoms with Crippen LogP contribution in [-0.2, 0) is 14.4 Å². The molecule has 1 aromatic heterocycles. The Morgan fingerprint density at radius 2 is 2.53 bits per heavy atom. The van der Waals surface area contributed by atoms with Crippen LogP contribution in [0.5, 0.6) is 0 Å². The molecule has 3 N–H and O–H groups in total. The van der Waals surface area contributed by atoms with Gasteiger partial charge < -0.3 is 15.7 Å². The summed E-state index contributed by atoms with van der Waals surface area (Å²) in [4.78, 5) is 30.0. The van der Waals surface area contributed by atoms with E-state index >= 15 is 0 Å². The van der Waals surface area contributed by atoms with Gasteiger partial charge in [0.2, 0.25) is 6.10 Å². The van der Waals surface area contributed by atoms with Gasteiger partial charge in [-0.3, -0.25) is 4.79 Å². The highest BCUT2D eigenvalue weighted by atomic mass is 32.1. The van der Waals surface area contributed by atoms with E-state index in [4.69, 9.17) is 15.7 Å². The molecule has 1 heterocycles. The molecular weight excluding hydrogens is 246 g/mol. The Hall–Kier alpha value is -1.96. The van der Waals surface area contributed by atoms with Gasteiger partial charge in [0.1, 0.15) is 5.69 Å². The van der Waals surface area contributed by atoms with Crippen LogP contribution in [0.2, 0.25) is 0 Å². The van der Waals surface area contributed by atoms with Crippen molar-refractivity contribution in [2.75, 3.05) is 5.73 Å². The first kappa shape index (κ1) is 13.1. The van der Waals surface area contributed by atoms with Crippen LogP contribution in [0, 0.1) is 0 Å². The second kappa shape index (κ2) is 5.94. The zero-order valence-electron chi connectivity index (χ0n) is 8.99. The molecule has 0 spiro atoms. The quantitative estimate of drug-likeness (QED) is 0.436. The molecule has 1 rings (SSSR count). The molecule has 0 aliphatic rings. The Balaban J connectivity index is 2.80. The molecule has 1 atom stereocenters. The largest absolute Gasteiger partial charge is 0.478 e. The summed E-state index contributed by atoms with van der Waals surface area (Å²) in [5.41, 5.74) is 5.58. The normalized spacial score (nSPS) is 13.1. The van der Waals surface area contributed by atoms with Crippen molar-refractivity contribution in [2.45, 2.75) is 19.4 Å². The lowest BCUT2D eigenvalue weighted by Gasteiger charge is -2.06. The molecule has 8 heteroatoms. The second-order valence-electron chi connectivity index (χ2n) is 3.01. The SMILES string of the molecule is CCC(O/N=C(/C=O)c1csc(N)n1)C(=O)O. The van der Waals surface area contributed by atoms with Crippen LogP contribution < -0.4 is 5.73 Å². The lowest BCUT2D eigenvalue weighted by Crippen LogP contribution is -2.21. The number of nitrogen functional groups attached to an aromatic ring is 1. The third-order valence-corrected chi connectivity index (χ3v) is 2.49. The fraction of sp³-hybridized carbons (Fsp3) is 0.333. The number of oxime groups is 1. The molecule has 0 radical (unpaired) electrons. The number of aldehydes is 1. The fourth-order valence-corrected chi connectivity index (χ4v) is 1.51. The van der Waals surface area contributed by atoms with Crippen molar-refractivity contribution >= 4 is 34.4 Å². The topological polar surface area (TPSA) is 115 Å². The first-order chi connectivity index (χ1) is 8.08. The first-order valence-corrected chi connectivity index (χ1v) is 5.59. The highest BCUT2D eigenvalue weighted by Crippen LogP contribution is 2.12. The van der Waals surface area contributed by atoms with Gasteiger partial charge in [-0.2, -0.15) is 0 Å². The lowest BCUT2D eigenvalue weighted by atomic mass is 10.3. The summed E-state index contributed by atoms with van der Waals surface area (Å²) in [7, 11) is 0. The number of nitrogens with zero attached hydrogens (tertiary/aromatic N) is 2. The zero-order valence-corrected chi connectivity index (χ0v) is 9.81. The number of rotatable bonds is 6. The zero-order chi connectivity index (χ0) is 12.8. The number of carbonyl (C=O) groups excluding carboxylic acids is 1. The lowest BCUT2D eigenvalue weighted by molar-refractivity contribution is -0.150. The van der Waals surface area contributed by atoms with Crippen LogP contribution in [0.15, 0.2) is 10.5 Å². The fourth-order valence-electron chi connectivity index (χ4n) is 0.949. The highest BCUT2D eigenvalue weighted by Gasteiger charge is 2.17. The van der Waals surface area contributed by atoms with E-state index < -0.39 is 12.1 Å². The van der Waals surface area contributed by atoms with E-state index in [1.165, 1.54) is 5.38 Å². The maximum atomic E-state index is 10.8. The van der Waals surface area contributed by atoms with Gasteiger partial charge in [-0.25, -0.2) is 9.78 Å². The van der Waals surface area contributed by atoms with Crippen LogP contribution in [-0.4, -0.2) is 34.2 Å². The highest BCUT2D eigenvalue weighted by molar-refractivity contribution is 7.13. The summed E-state index contributed by atoms with van der Waals surface area (Å²) in [6.07, 6.45) is -0.409. The van der Waals surface area contributed by atoms with E-state index in [0.29, 0.717) is 11.4 Å². The molecule has 92 valence electrons. The van der Waals surface area contributed by atoms with Crippen LogP contribution in [0.25, 0.3) is 0 Å². The minimum atomic E-state index is -1.14. The minimum absolute atomic E-state index is 0.0855. The Morgan fingerprint density at radius 3 is 2.94 bits per heavy atom. The molecule has 0 saturated carbocycles. The monoisotopic (exact) mass is 257 g/mol. The summed E-state index contributed by atoms with van der Waals surface area (Å²) in [6.45, 7) is 1.63. The van der Waals surface area contributed by atoms with Crippen molar-refractivity contribution in [3.8, 4) is 0 Å². The van der Waals surface area contributed by atoms with Crippen LogP contribution in [0.4, 0.5) is 5.13 Å². The van der Waals surface area contributed by atoms with Crippen molar-refractivity contribution < 1.29 is 19.5 Å². The number of carboxylic acid groups (broad SMARTS) is 1. The van der Waals surface area contributed by atoms with E-state index in [2.05, 4.69) is 10.1 Å². The predicted molar refractivity (Wildman–Crippen MR) is 61.9 cm³/mol.